The number of nitrogens with zero attached hydrogens (tertiary/aromatic N) is 3. The number of thiazole rings is 1. The van der Waals surface area contributed by atoms with E-state index in [1.165, 1.54) is 53.1 Å². The zero-order chi connectivity index (χ0) is 24.9. The molecule has 35 heavy (non-hydrogen) atoms. The van der Waals surface area contributed by atoms with E-state index < -0.39 is 21.7 Å². The van der Waals surface area contributed by atoms with Crippen LogP contribution < -0.4 is 20.5 Å². The first-order valence-electron chi connectivity index (χ1n) is 10.2. The normalized spacial score (nSPS) is 13.7. The summed E-state index contributed by atoms with van der Waals surface area (Å²) < 4.78 is 38.1. The Balaban J connectivity index is 1.78. The number of amides is 1. The zero-order valence-electron chi connectivity index (χ0n) is 18.1. The molecule has 0 atom stereocenters. The van der Waals surface area contributed by atoms with Crippen LogP contribution in [0.2, 0.25) is 0 Å². The number of benzene rings is 3. The first kappa shape index (κ1) is 22.8. The average molecular weight is 509 g/mol. The van der Waals surface area contributed by atoms with Crippen LogP contribution >= 0.6 is 11.3 Å². The lowest BCUT2D eigenvalue weighted by atomic mass is 10.1. The molecule has 1 aromatic heterocycles. The molecule has 4 aromatic rings. The van der Waals surface area contributed by atoms with E-state index in [0.29, 0.717) is 22.0 Å². The Labute approximate surface area is 202 Å². The molecule has 176 valence electrons. The molecule has 3 N–H and O–H groups in total. The monoisotopic (exact) mass is 508 g/mol. The van der Waals surface area contributed by atoms with E-state index in [1.807, 2.05) is 19.1 Å². The minimum absolute atomic E-state index is 0.0710. The van der Waals surface area contributed by atoms with Gasteiger partial charge in [-0.2, -0.15) is 0 Å². The third kappa shape index (κ3) is 4.20. The number of aromatic hydroxyl groups is 1. The first-order valence-corrected chi connectivity index (χ1v) is 12.6. The van der Waals surface area contributed by atoms with Gasteiger partial charge in [-0.3, -0.25) is 9.36 Å². The Bertz CT molecular complexity index is 1810. The van der Waals surface area contributed by atoms with E-state index >= 15 is 0 Å². The first-order chi connectivity index (χ1) is 16.6. The van der Waals surface area contributed by atoms with Crippen LogP contribution in [0.25, 0.3) is 11.3 Å². The molecule has 0 spiro atoms. The fourth-order valence-electron chi connectivity index (χ4n) is 3.70. The van der Waals surface area contributed by atoms with Crippen LogP contribution in [0, 0.1) is 12.7 Å². The summed E-state index contributed by atoms with van der Waals surface area (Å²) in [7, 11) is -3.87. The van der Waals surface area contributed by atoms with Crippen molar-refractivity contribution in [2.24, 2.45) is 15.1 Å². The van der Waals surface area contributed by atoms with Crippen molar-refractivity contribution < 1.29 is 22.7 Å². The van der Waals surface area contributed by atoms with E-state index in [2.05, 4.69) is 9.98 Å². The van der Waals surface area contributed by atoms with Crippen molar-refractivity contribution in [3.8, 4) is 11.6 Å². The fourth-order valence-corrected chi connectivity index (χ4v) is 5.32. The maximum absolute atomic E-state index is 13.6. The molecule has 0 saturated heterocycles. The molecule has 0 fully saturated rings. The number of rotatable bonds is 4. The van der Waals surface area contributed by atoms with E-state index in [4.69, 9.17) is 5.14 Å². The smallest absolute Gasteiger partial charge is 0.279 e. The molecule has 1 aliphatic rings. The lowest BCUT2D eigenvalue weighted by Crippen LogP contribution is -2.23. The maximum Gasteiger partial charge on any atom is 0.279 e. The summed E-state index contributed by atoms with van der Waals surface area (Å²) in [6, 6.07) is 16.4. The number of carbonyl (C=O) groups excluding carboxylic acids is 1. The van der Waals surface area contributed by atoms with Gasteiger partial charge in [-0.1, -0.05) is 23.0 Å². The molecule has 5 rings (SSSR count). The molecule has 0 bridgehead atoms. The molecule has 2 heterocycles. The summed E-state index contributed by atoms with van der Waals surface area (Å²) in [6.45, 7) is 1.89. The number of hydrogen-bond donors (Lipinski definition) is 2. The number of halogens is 1. The Morgan fingerprint density at radius 1 is 1.06 bits per heavy atom. The molecule has 0 saturated carbocycles. The van der Waals surface area contributed by atoms with Gasteiger partial charge < -0.3 is 5.11 Å². The van der Waals surface area contributed by atoms with Crippen LogP contribution in [0.3, 0.4) is 0 Å². The van der Waals surface area contributed by atoms with Gasteiger partial charge in [-0.25, -0.2) is 27.9 Å². The van der Waals surface area contributed by atoms with Crippen molar-refractivity contribution in [3.63, 3.8) is 0 Å². The molecule has 1 aliphatic heterocycles. The van der Waals surface area contributed by atoms with Crippen molar-refractivity contribution in [3.05, 3.63) is 98.4 Å². The summed E-state index contributed by atoms with van der Waals surface area (Å²) in [5, 5.41) is 17.5. The second kappa shape index (κ2) is 8.38. The van der Waals surface area contributed by atoms with Crippen LogP contribution in [-0.4, -0.2) is 24.0 Å². The molecular formula is C24H17FN4O4S2. The van der Waals surface area contributed by atoms with Crippen molar-refractivity contribution in [1.29, 1.82) is 0 Å². The Kier molecular flexibility index (Phi) is 5.47. The number of nitrogens with two attached hydrogens (primary N) is 1. The molecule has 3 aromatic carbocycles. The van der Waals surface area contributed by atoms with Gasteiger partial charge in [-0.15, -0.1) is 0 Å². The van der Waals surface area contributed by atoms with E-state index in [1.54, 1.807) is 6.07 Å². The van der Waals surface area contributed by atoms with Gasteiger partial charge in [0, 0.05) is 5.22 Å². The SMILES string of the molecule is Cc1ccc2c(c1)=C(c1sc(=Nc3ccc(S(N)(=O)=O)cc3)n(-c3ccc(F)cc3)c1O)C(=O)N=2. The van der Waals surface area contributed by atoms with Gasteiger partial charge in [0.25, 0.3) is 5.91 Å². The van der Waals surface area contributed by atoms with Gasteiger partial charge in [0.2, 0.25) is 15.9 Å². The number of fused-ring (bicyclic) bond motifs is 1. The quantitative estimate of drug-likeness (QED) is 0.437. The maximum atomic E-state index is 13.6. The Hall–Kier alpha value is -3.93. The van der Waals surface area contributed by atoms with Gasteiger partial charge in [0.05, 0.1) is 27.2 Å². The predicted molar refractivity (Wildman–Crippen MR) is 128 cm³/mol. The van der Waals surface area contributed by atoms with Crippen molar-refractivity contribution in [1.82, 2.24) is 4.57 Å². The van der Waals surface area contributed by atoms with Gasteiger partial charge in [0.15, 0.2) is 4.80 Å². The number of sulfonamides is 1. The second-order valence-electron chi connectivity index (χ2n) is 7.81. The Morgan fingerprint density at radius 2 is 1.74 bits per heavy atom. The van der Waals surface area contributed by atoms with Crippen molar-refractivity contribution in [2.75, 3.05) is 0 Å². The fraction of sp³-hybridized carbons (Fsp3) is 0.0417. The van der Waals surface area contributed by atoms with Crippen LogP contribution in [0.4, 0.5) is 10.1 Å². The topological polar surface area (TPSA) is 127 Å². The second-order valence-corrected chi connectivity index (χ2v) is 10.4. The summed E-state index contributed by atoms with van der Waals surface area (Å²) in [5.74, 6) is -1.20. The molecular weight excluding hydrogens is 491 g/mol. The van der Waals surface area contributed by atoms with Gasteiger partial charge in [0.1, 0.15) is 10.7 Å². The summed E-state index contributed by atoms with van der Waals surface area (Å²) in [5.41, 5.74) is 1.96. The lowest BCUT2D eigenvalue weighted by molar-refractivity contribution is -0.112. The zero-order valence-corrected chi connectivity index (χ0v) is 19.8. The largest absolute Gasteiger partial charge is 0.493 e. The van der Waals surface area contributed by atoms with E-state index in [-0.39, 0.29) is 26.0 Å². The molecule has 1 amide bonds. The average Bonchev–Trinajstić information content (AvgIpc) is 3.29. The highest BCUT2D eigenvalue weighted by molar-refractivity contribution is 7.89. The van der Waals surface area contributed by atoms with Crippen LogP contribution in [0.15, 0.2) is 81.6 Å². The highest BCUT2D eigenvalue weighted by Gasteiger charge is 2.26. The third-order valence-corrected chi connectivity index (χ3v) is 7.34. The molecule has 8 nitrogen and oxygen atoms in total. The summed E-state index contributed by atoms with van der Waals surface area (Å²) in [4.78, 5) is 21.9. The number of carbonyl (C=O) groups is 1. The van der Waals surface area contributed by atoms with Crippen LogP contribution in [0.5, 0.6) is 5.88 Å². The number of primary sulfonamides is 1. The molecule has 0 radical (unpaired) electrons. The van der Waals surface area contributed by atoms with E-state index in [0.717, 1.165) is 16.9 Å². The standard InChI is InChI=1S/C24H17FN4O4S2/c1-13-2-11-19-18(12-13)20(22(30)28-19)21-23(31)29(16-7-3-14(25)4-8-16)24(34-21)27-15-5-9-17(10-6-15)35(26,32)33/h2-12,31H,1H3,(H2,26,32,33). The highest BCUT2D eigenvalue weighted by Crippen LogP contribution is 2.31. The van der Waals surface area contributed by atoms with Crippen molar-refractivity contribution in [2.45, 2.75) is 11.8 Å². The third-order valence-electron chi connectivity index (χ3n) is 5.36. The number of hydrogen-bond acceptors (Lipinski definition) is 6. The lowest BCUT2D eigenvalue weighted by Gasteiger charge is -2.06. The molecule has 11 heteroatoms. The number of aromatic nitrogens is 1. The molecule has 0 unspecified atom stereocenters. The minimum Gasteiger partial charge on any atom is -0.493 e. The van der Waals surface area contributed by atoms with Gasteiger partial charge >= 0.3 is 0 Å². The summed E-state index contributed by atoms with van der Waals surface area (Å²) in [6.07, 6.45) is 0. The summed E-state index contributed by atoms with van der Waals surface area (Å²) >= 11 is 1.05. The van der Waals surface area contributed by atoms with Crippen LogP contribution in [-0.2, 0) is 14.8 Å². The van der Waals surface area contributed by atoms with E-state index in [9.17, 15) is 22.7 Å². The van der Waals surface area contributed by atoms with Crippen molar-refractivity contribution >= 4 is 38.5 Å². The highest BCUT2D eigenvalue weighted by atomic mass is 32.2. The number of aryl methyl sites for hydroxylation is 1. The Morgan fingerprint density at radius 3 is 2.40 bits per heavy atom. The molecule has 0 aliphatic carbocycles. The predicted octanol–water partition coefficient (Wildman–Crippen LogP) is 1.93. The minimum atomic E-state index is -3.87. The van der Waals surface area contributed by atoms with Crippen LogP contribution in [0.1, 0.15) is 10.4 Å². The van der Waals surface area contributed by atoms with Gasteiger partial charge in [-0.05, 0) is 67.6 Å².